The van der Waals surface area contributed by atoms with Gasteiger partial charge in [0.15, 0.2) is 0 Å². The van der Waals surface area contributed by atoms with Crippen molar-refractivity contribution in [3.63, 3.8) is 0 Å². The Kier molecular flexibility index (Phi) is 3.72. The number of nitrogen functional groups attached to an aromatic ring is 1. The van der Waals surface area contributed by atoms with Gasteiger partial charge in [-0.05, 0) is 29.8 Å². The third kappa shape index (κ3) is 2.74. The molecule has 18 heavy (non-hydrogen) atoms. The van der Waals surface area contributed by atoms with E-state index in [-0.39, 0.29) is 5.02 Å². The van der Waals surface area contributed by atoms with E-state index in [1.54, 1.807) is 12.1 Å². The van der Waals surface area contributed by atoms with Crippen LogP contribution in [0.2, 0.25) is 5.02 Å². The monoisotopic (exact) mass is 264 g/mol. The molecule has 0 aromatic heterocycles. The van der Waals surface area contributed by atoms with Crippen LogP contribution in [0, 0.1) is 5.82 Å². The summed E-state index contributed by atoms with van der Waals surface area (Å²) in [5.74, 6) is -0.401. The molecular weight excluding hydrogens is 251 g/mol. The maximum absolute atomic E-state index is 13.1. The number of halogens is 2. The molecule has 4 heteroatoms. The smallest absolute Gasteiger partial charge is 0.141 e. The molecule has 2 N–H and O–H groups in total. The van der Waals surface area contributed by atoms with Crippen molar-refractivity contribution in [2.75, 3.05) is 17.7 Å². The van der Waals surface area contributed by atoms with E-state index in [0.29, 0.717) is 12.2 Å². The van der Waals surface area contributed by atoms with E-state index in [4.69, 9.17) is 17.3 Å². The molecule has 0 saturated carbocycles. The van der Waals surface area contributed by atoms with Gasteiger partial charge in [0.1, 0.15) is 5.82 Å². The Bertz CT molecular complexity index is 557. The Labute approximate surface area is 111 Å². The Hall–Kier alpha value is -1.74. The van der Waals surface area contributed by atoms with Crippen LogP contribution in [0.1, 0.15) is 5.56 Å². The minimum atomic E-state index is -0.401. The predicted octanol–water partition coefficient (Wildman–Crippen LogP) is 3.70. The second kappa shape index (κ2) is 5.27. The summed E-state index contributed by atoms with van der Waals surface area (Å²) >= 11 is 5.76. The maximum atomic E-state index is 13.1. The van der Waals surface area contributed by atoms with Crippen LogP contribution in [0.25, 0.3) is 0 Å². The number of rotatable bonds is 3. The number of hydrogen-bond donors (Lipinski definition) is 1. The first-order valence-corrected chi connectivity index (χ1v) is 5.95. The van der Waals surface area contributed by atoms with E-state index in [0.717, 1.165) is 11.3 Å². The summed E-state index contributed by atoms with van der Waals surface area (Å²) in [5, 5.41) is 0.141. The molecule has 0 fully saturated rings. The zero-order valence-electron chi connectivity index (χ0n) is 10.0. The maximum Gasteiger partial charge on any atom is 0.141 e. The Balaban J connectivity index is 2.19. The second-order valence-corrected chi connectivity index (χ2v) is 4.57. The molecule has 0 heterocycles. The number of hydrogen-bond acceptors (Lipinski definition) is 2. The van der Waals surface area contributed by atoms with Crippen LogP contribution in [0.15, 0.2) is 42.5 Å². The molecule has 0 unspecified atom stereocenters. The normalized spacial score (nSPS) is 10.4. The number of nitrogens with zero attached hydrogens (tertiary/aromatic N) is 1. The van der Waals surface area contributed by atoms with Gasteiger partial charge in [-0.2, -0.15) is 0 Å². The minimum absolute atomic E-state index is 0.141. The van der Waals surface area contributed by atoms with Crippen LogP contribution in [0.5, 0.6) is 0 Å². The van der Waals surface area contributed by atoms with Gasteiger partial charge in [0.2, 0.25) is 0 Å². The number of benzene rings is 2. The third-order valence-electron chi connectivity index (χ3n) is 2.75. The summed E-state index contributed by atoms with van der Waals surface area (Å²) < 4.78 is 13.1. The molecule has 0 saturated heterocycles. The highest BCUT2D eigenvalue weighted by molar-refractivity contribution is 6.30. The van der Waals surface area contributed by atoms with Gasteiger partial charge >= 0.3 is 0 Å². The van der Waals surface area contributed by atoms with Crippen molar-refractivity contribution in [3.05, 3.63) is 58.9 Å². The van der Waals surface area contributed by atoms with E-state index < -0.39 is 5.82 Å². The quantitative estimate of drug-likeness (QED) is 0.857. The van der Waals surface area contributed by atoms with E-state index in [2.05, 4.69) is 0 Å². The Morgan fingerprint density at radius 1 is 1.22 bits per heavy atom. The number of nitrogens with two attached hydrogens (primary N) is 1. The van der Waals surface area contributed by atoms with Gasteiger partial charge in [0, 0.05) is 13.6 Å². The van der Waals surface area contributed by atoms with Crippen molar-refractivity contribution >= 4 is 23.0 Å². The van der Waals surface area contributed by atoms with E-state index in [1.807, 2.05) is 36.2 Å². The highest BCUT2D eigenvalue weighted by atomic mass is 35.5. The molecule has 0 aliphatic carbocycles. The lowest BCUT2D eigenvalue weighted by Gasteiger charge is -2.21. The zero-order chi connectivity index (χ0) is 13.1. The summed E-state index contributed by atoms with van der Waals surface area (Å²) in [6, 6.07) is 12.3. The van der Waals surface area contributed by atoms with Crippen molar-refractivity contribution in [2.45, 2.75) is 6.54 Å². The summed E-state index contributed by atoms with van der Waals surface area (Å²) in [5.41, 5.74) is 8.50. The van der Waals surface area contributed by atoms with E-state index in [1.165, 1.54) is 6.07 Å². The molecule has 0 bridgehead atoms. The van der Waals surface area contributed by atoms with Crippen molar-refractivity contribution < 1.29 is 4.39 Å². The first-order chi connectivity index (χ1) is 8.58. The van der Waals surface area contributed by atoms with Gasteiger partial charge in [0.05, 0.1) is 16.4 Å². The van der Waals surface area contributed by atoms with Crippen molar-refractivity contribution in [1.29, 1.82) is 0 Å². The molecule has 0 spiro atoms. The first-order valence-electron chi connectivity index (χ1n) is 5.57. The number of para-hydroxylation sites is 2. The van der Waals surface area contributed by atoms with Crippen LogP contribution in [-0.4, -0.2) is 7.05 Å². The van der Waals surface area contributed by atoms with Gasteiger partial charge < -0.3 is 10.6 Å². The molecule has 2 aromatic rings. The predicted molar refractivity (Wildman–Crippen MR) is 74.4 cm³/mol. The summed E-state index contributed by atoms with van der Waals surface area (Å²) in [7, 11) is 1.93. The fourth-order valence-corrected chi connectivity index (χ4v) is 2.04. The van der Waals surface area contributed by atoms with Crippen LogP contribution < -0.4 is 10.6 Å². The molecule has 0 amide bonds. The van der Waals surface area contributed by atoms with Gasteiger partial charge in [0.25, 0.3) is 0 Å². The topological polar surface area (TPSA) is 29.3 Å². The van der Waals surface area contributed by atoms with Crippen molar-refractivity contribution in [1.82, 2.24) is 0 Å². The largest absolute Gasteiger partial charge is 0.397 e. The molecule has 94 valence electrons. The fourth-order valence-electron chi connectivity index (χ4n) is 1.83. The summed E-state index contributed by atoms with van der Waals surface area (Å²) in [6.45, 7) is 0.619. The molecule has 0 radical (unpaired) electrons. The van der Waals surface area contributed by atoms with Gasteiger partial charge in [-0.1, -0.05) is 29.8 Å². The van der Waals surface area contributed by atoms with E-state index >= 15 is 0 Å². The Morgan fingerprint density at radius 2 is 1.94 bits per heavy atom. The lowest BCUT2D eigenvalue weighted by Crippen LogP contribution is -2.17. The van der Waals surface area contributed by atoms with Gasteiger partial charge in [-0.25, -0.2) is 4.39 Å². The molecular formula is C14H14ClFN2. The van der Waals surface area contributed by atoms with Crippen LogP contribution in [0.4, 0.5) is 15.8 Å². The molecule has 2 nitrogen and oxygen atoms in total. The van der Waals surface area contributed by atoms with Crippen LogP contribution in [0.3, 0.4) is 0 Å². The molecule has 0 atom stereocenters. The number of anilines is 2. The molecule has 2 aromatic carbocycles. The zero-order valence-corrected chi connectivity index (χ0v) is 10.8. The lowest BCUT2D eigenvalue weighted by atomic mass is 10.2. The molecule has 0 aliphatic rings. The third-order valence-corrected chi connectivity index (χ3v) is 3.04. The summed E-state index contributed by atoms with van der Waals surface area (Å²) in [4.78, 5) is 2.00. The van der Waals surface area contributed by atoms with Crippen LogP contribution in [-0.2, 0) is 6.54 Å². The summed E-state index contributed by atoms with van der Waals surface area (Å²) in [6.07, 6.45) is 0. The fraction of sp³-hybridized carbons (Fsp3) is 0.143. The highest BCUT2D eigenvalue weighted by Gasteiger charge is 2.07. The lowest BCUT2D eigenvalue weighted by molar-refractivity contribution is 0.627. The van der Waals surface area contributed by atoms with Crippen molar-refractivity contribution in [3.8, 4) is 0 Å². The van der Waals surface area contributed by atoms with E-state index in [9.17, 15) is 4.39 Å². The second-order valence-electron chi connectivity index (χ2n) is 4.16. The first kappa shape index (κ1) is 12.7. The van der Waals surface area contributed by atoms with Crippen LogP contribution >= 0.6 is 11.6 Å². The average Bonchev–Trinajstić information content (AvgIpc) is 2.34. The van der Waals surface area contributed by atoms with Gasteiger partial charge in [-0.3, -0.25) is 0 Å². The minimum Gasteiger partial charge on any atom is -0.397 e. The highest BCUT2D eigenvalue weighted by Crippen LogP contribution is 2.24. The Morgan fingerprint density at radius 3 is 2.61 bits per heavy atom. The van der Waals surface area contributed by atoms with Crippen molar-refractivity contribution in [2.24, 2.45) is 0 Å². The SMILES string of the molecule is CN(Cc1ccc(F)c(Cl)c1)c1ccccc1N. The van der Waals surface area contributed by atoms with Gasteiger partial charge in [-0.15, -0.1) is 0 Å². The molecule has 0 aliphatic heterocycles. The standard InChI is InChI=1S/C14H14ClFN2/c1-18(14-5-3-2-4-13(14)17)9-10-6-7-12(16)11(15)8-10/h2-8H,9,17H2,1H3. The average molecular weight is 265 g/mol. The molecule has 2 rings (SSSR count).